The van der Waals surface area contributed by atoms with E-state index in [1.54, 1.807) is 0 Å². The van der Waals surface area contributed by atoms with E-state index in [0.29, 0.717) is 12.1 Å². The van der Waals surface area contributed by atoms with Crippen LogP contribution in [0.4, 0.5) is 0 Å². The fourth-order valence-corrected chi connectivity index (χ4v) is 3.95. The van der Waals surface area contributed by atoms with Crippen molar-refractivity contribution in [3.8, 4) is 0 Å². The van der Waals surface area contributed by atoms with Crippen molar-refractivity contribution in [3.05, 3.63) is 0 Å². The standard InChI is InChI=1S/C17H33NO/c1-13(2)14-7-6-8-15(12-11-14)18-16-9-4-3-5-10-17(16)19/h13-19H,3-12H2,1-2H3. The van der Waals surface area contributed by atoms with Gasteiger partial charge in [-0.15, -0.1) is 0 Å². The zero-order valence-corrected chi connectivity index (χ0v) is 12.9. The first kappa shape index (κ1) is 15.3. The van der Waals surface area contributed by atoms with E-state index in [1.165, 1.54) is 57.8 Å². The molecule has 2 rings (SSSR count). The molecule has 0 radical (unpaired) electrons. The molecule has 0 saturated heterocycles. The summed E-state index contributed by atoms with van der Waals surface area (Å²) in [7, 11) is 0. The highest BCUT2D eigenvalue weighted by Gasteiger charge is 2.26. The fraction of sp³-hybridized carbons (Fsp3) is 1.00. The molecule has 0 heterocycles. The third kappa shape index (κ3) is 4.75. The summed E-state index contributed by atoms with van der Waals surface area (Å²) in [5, 5.41) is 14.0. The van der Waals surface area contributed by atoms with E-state index in [0.717, 1.165) is 18.3 Å². The quantitative estimate of drug-likeness (QED) is 0.761. The van der Waals surface area contributed by atoms with Gasteiger partial charge in [-0.2, -0.15) is 0 Å². The fourth-order valence-electron chi connectivity index (χ4n) is 3.95. The second-order valence-corrected chi connectivity index (χ2v) is 7.19. The number of rotatable bonds is 3. The zero-order chi connectivity index (χ0) is 13.7. The molecule has 2 aliphatic carbocycles. The SMILES string of the molecule is CC(C)C1CCCC(NC2CCCCCC2O)CC1. The molecule has 2 nitrogen and oxygen atoms in total. The van der Waals surface area contributed by atoms with Gasteiger partial charge in [0.25, 0.3) is 0 Å². The smallest absolute Gasteiger partial charge is 0.0693 e. The summed E-state index contributed by atoms with van der Waals surface area (Å²) in [5.41, 5.74) is 0. The van der Waals surface area contributed by atoms with Gasteiger partial charge in [0.2, 0.25) is 0 Å². The van der Waals surface area contributed by atoms with Gasteiger partial charge in [0.15, 0.2) is 0 Å². The topological polar surface area (TPSA) is 32.3 Å². The number of aliphatic hydroxyl groups is 1. The Balaban J connectivity index is 1.81. The maximum absolute atomic E-state index is 10.2. The third-order valence-electron chi connectivity index (χ3n) is 5.39. The predicted molar refractivity (Wildman–Crippen MR) is 81.2 cm³/mol. The summed E-state index contributed by atoms with van der Waals surface area (Å²) in [6.07, 6.45) is 12.6. The van der Waals surface area contributed by atoms with Crippen LogP contribution in [0, 0.1) is 11.8 Å². The van der Waals surface area contributed by atoms with Crippen LogP contribution in [0.15, 0.2) is 0 Å². The molecule has 4 unspecified atom stereocenters. The summed E-state index contributed by atoms with van der Waals surface area (Å²) in [5.74, 6) is 1.76. The van der Waals surface area contributed by atoms with E-state index >= 15 is 0 Å². The summed E-state index contributed by atoms with van der Waals surface area (Å²) in [6, 6.07) is 1.02. The van der Waals surface area contributed by atoms with E-state index in [9.17, 15) is 5.11 Å². The Morgan fingerprint density at radius 2 is 1.63 bits per heavy atom. The number of nitrogens with one attached hydrogen (secondary N) is 1. The first-order valence-corrected chi connectivity index (χ1v) is 8.61. The van der Waals surface area contributed by atoms with Crippen molar-refractivity contribution in [2.75, 3.05) is 0 Å². The Morgan fingerprint density at radius 3 is 2.42 bits per heavy atom. The molecule has 0 aromatic carbocycles. The van der Waals surface area contributed by atoms with E-state index in [2.05, 4.69) is 19.2 Å². The maximum Gasteiger partial charge on any atom is 0.0693 e. The lowest BCUT2D eigenvalue weighted by Crippen LogP contribution is -2.44. The lowest BCUT2D eigenvalue weighted by atomic mass is 9.89. The van der Waals surface area contributed by atoms with Crippen molar-refractivity contribution in [1.82, 2.24) is 5.32 Å². The predicted octanol–water partition coefficient (Wildman–Crippen LogP) is 3.87. The van der Waals surface area contributed by atoms with E-state index in [4.69, 9.17) is 0 Å². The van der Waals surface area contributed by atoms with Crippen molar-refractivity contribution in [2.24, 2.45) is 11.8 Å². The average molecular weight is 267 g/mol. The molecule has 2 heteroatoms. The largest absolute Gasteiger partial charge is 0.392 e. The molecule has 2 fully saturated rings. The van der Waals surface area contributed by atoms with Crippen LogP contribution in [0.1, 0.15) is 78.1 Å². The average Bonchev–Trinajstić information content (AvgIpc) is 2.72. The maximum atomic E-state index is 10.2. The molecule has 19 heavy (non-hydrogen) atoms. The second-order valence-electron chi connectivity index (χ2n) is 7.19. The molecular formula is C17H33NO. The molecule has 2 aliphatic rings. The highest BCUT2D eigenvalue weighted by atomic mass is 16.3. The molecule has 0 aromatic heterocycles. The molecule has 4 atom stereocenters. The first-order valence-electron chi connectivity index (χ1n) is 8.61. The summed E-state index contributed by atoms with van der Waals surface area (Å²) >= 11 is 0. The molecule has 0 spiro atoms. The first-order chi connectivity index (χ1) is 9.16. The molecule has 0 aromatic rings. The molecule has 0 aliphatic heterocycles. The van der Waals surface area contributed by atoms with Crippen molar-refractivity contribution in [1.29, 1.82) is 0 Å². The van der Waals surface area contributed by atoms with E-state index in [1.807, 2.05) is 0 Å². The van der Waals surface area contributed by atoms with E-state index in [-0.39, 0.29) is 6.10 Å². The molecular weight excluding hydrogens is 234 g/mol. The molecule has 0 amide bonds. The number of hydrogen-bond donors (Lipinski definition) is 2. The van der Waals surface area contributed by atoms with Crippen molar-refractivity contribution < 1.29 is 5.11 Å². The van der Waals surface area contributed by atoms with Crippen LogP contribution in [-0.2, 0) is 0 Å². The van der Waals surface area contributed by atoms with Gasteiger partial charge in [-0.1, -0.05) is 46.0 Å². The molecule has 2 saturated carbocycles. The lowest BCUT2D eigenvalue weighted by molar-refractivity contribution is 0.112. The second kappa shape index (κ2) is 7.64. The Kier molecular flexibility index (Phi) is 6.15. The van der Waals surface area contributed by atoms with Gasteiger partial charge >= 0.3 is 0 Å². The van der Waals surface area contributed by atoms with Crippen molar-refractivity contribution in [3.63, 3.8) is 0 Å². The minimum absolute atomic E-state index is 0.105. The van der Waals surface area contributed by atoms with Crippen LogP contribution in [-0.4, -0.2) is 23.3 Å². The summed E-state index contributed by atoms with van der Waals surface area (Å²) in [6.45, 7) is 4.74. The lowest BCUT2D eigenvalue weighted by Gasteiger charge is -2.27. The van der Waals surface area contributed by atoms with Gasteiger partial charge in [0.1, 0.15) is 0 Å². The Labute approximate surface area is 119 Å². The zero-order valence-electron chi connectivity index (χ0n) is 12.9. The van der Waals surface area contributed by atoms with Crippen LogP contribution >= 0.6 is 0 Å². The Hall–Kier alpha value is -0.0800. The minimum Gasteiger partial charge on any atom is -0.392 e. The van der Waals surface area contributed by atoms with Crippen LogP contribution in [0.3, 0.4) is 0 Å². The summed E-state index contributed by atoms with van der Waals surface area (Å²) < 4.78 is 0. The van der Waals surface area contributed by atoms with Gasteiger partial charge in [0, 0.05) is 12.1 Å². The number of aliphatic hydroxyl groups excluding tert-OH is 1. The van der Waals surface area contributed by atoms with Gasteiger partial charge in [0.05, 0.1) is 6.10 Å². The third-order valence-corrected chi connectivity index (χ3v) is 5.39. The van der Waals surface area contributed by atoms with Crippen LogP contribution < -0.4 is 5.32 Å². The molecule has 2 N–H and O–H groups in total. The van der Waals surface area contributed by atoms with E-state index < -0.39 is 0 Å². The summed E-state index contributed by atoms with van der Waals surface area (Å²) in [4.78, 5) is 0. The highest BCUT2D eigenvalue weighted by Crippen LogP contribution is 2.29. The van der Waals surface area contributed by atoms with Gasteiger partial charge in [-0.25, -0.2) is 0 Å². The molecule has 112 valence electrons. The number of hydrogen-bond acceptors (Lipinski definition) is 2. The Morgan fingerprint density at radius 1 is 0.842 bits per heavy atom. The van der Waals surface area contributed by atoms with Crippen LogP contribution in [0.2, 0.25) is 0 Å². The molecule has 0 bridgehead atoms. The van der Waals surface area contributed by atoms with Gasteiger partial charge < -0.3 is 10.4 Å². The monoisotopic (exact) mass is 267 g/mol. The van der Waals surface area contributed by atoms with Crippen molar-refractivity contribution >= 4 is 0 Å². The minimum atomic E-state index is -0.105. The Bertz CT molecular complexity index is 254. The van der Waals surface area contributed by atoms with Gasteiger partial charge in [-0.3, -0.25) is 0 Å². The highest BCUT2D eigenvalue weighted by molar-refractivity contribution is 4.84. The van der Waals surface area contributed by atoms with Crippen molar-refractivity contribution in [2.45, 2.75) is 96.2 Å². The van der Waals surface area contributed by atoms with Crippen LogP contribution in [0.25, 0.3) is 0 Å². The van der Waals surface area contributed by atoms with Gasteiger partial charge in [-0.05, 0) is 43.9 Å². The normalized spacial score (nSPS) is 37.9. The van der Waals surface area contributed by atoms with Crippen LogP contribution in [0.5, 0.6) is 0 Å².